The van der Waals surface area contributed by atoms with Crippen molar-refractivity contribution in [3.63, 3.8) is 0 Å². The van der Waals surface area contributed by atoms with Crippen molar-refractivity contribution in [2.24, 2.45) is 17.8 Å². The summed E-state index contributed by atoms with van der Waals surface area (Å²) in [5, 5.41) is 12.7. The van der Waals surface area contributed by atoms with Gasteiger partial charge in [-0.3, -0.25) is 9.59 Å². The normalized spacial score (nSPS) is 24.8. The number of rotatable bonds is 5. The van der Waals surface area contributed by atoms with Crippen molar-refractivity contribution in [2.75, 3.05) is 6.54 Å². The van der Waals surface area contributed by atoms with Crippen LogP contribution in [0.15, 0.2) is 24.3 Å². The molecule has 1 fully saturated rings. The molecular formula is C16H20ClNO3. The van der Waals surface area contributed by atoms with Gasteiger partial charge in [-0.05, 0) is 42.9 Å². The molecule has 2 rings (SSSR count). The topological polar surface area (TPSA) is 66.4 Å². The Kier molecular flexibility index (Phi) is 5.23. The molecule has 0 aliphatic heterocycles. The van der Waals surface area contributed by atoms with Crippen molar-refractivity contribution >= 4 is 23.5 Å². The van der Waals surface area contributed by atoms with Gasteiger partial charge in [0.25, 0.3) is 0 Å². The highest BCUT2D eigenvalue weighted by molar-refractivity contribution is 6.30. The van der Waals surface area contributed by atoms with E-state index in [0.29, 0.717) is 30.8 Å². The predicted molar refractivity (Wildman–Crippen MR) is 81.2 cm³/mol. The molecule has 1 saturated carbocycles. The summed E-state index contributed by atoms with van der Waals surface area (Å²) in [5.74, 6) is -1.68. The van der Waals surface area contributed by atoms with Gasteiger partial charge in [0.15, 0.2) is 0 Å². The van der Waals surface area contributed by atoms with Crippen LogP contribution in [0, 0.1) is 17.8 Å². The molecule has 5 heteroatoms. The summed E-state index contributed by atoms with van der Waals surface area (Å²) in [6.45, 7) is 2.49. The van der Waals surface area contributed by atoms with Crippen molar-refractivity contribution in [3.05, 3.63) is 34.9 Å². The van der Waals surface area contributed by atoms with Crippen LogP contribution in [0.1, 0.15) is 25.3 Å². The van der Waals surface area contributed by atoms with Crippen LogP contribution in [-0.2, 0) is 16.0 Å². The van der Waals surface area contributed by atoms with Gasteiger partial charge >= 0.3 is 5.97 Å². The Bertz CT molecular complexity index is 532. The average molecular weight is 310 g/mol. The monoisotopic (exact) mass is 309 g/mol. The average Bonchev–Trinajstić information content (AvgIpc) is 2.81. The van der Waals surface area contributed by atoms with E-state index in [1.54, 1.807) is 6.07 Å². The van der Waals surface area contributed by atoms with Crippen LogP contribution in [0.2, 0.25) is 5.02 Å². The summed E-state index contributed by atoms with van der Waals surface area (Å²) in [5.41, 5.74) is 1.05. The molecule has 1 amide bonds. The molecule has 1 aliphatic rings. The first-order valence-corrected chi connectivity index (χ1v) is 7.60. The zero-order valence-corrected chi connectivity index (χ0v) is 12.8. The number of amides is 1. The van der Waals surface area contributed by atoms with Crippen LogP contribution in [0.5, 0.6) is 0 Å². The summed E-state index contributed by atoms with van der Waals surface area (Å²) in [6.07, 6.45) is 1.92. The van der Waals surface area contributed by atoms with Crippen LogP contribution >= 0.6 is 11.6 Å². The summed E-state index contributed by atoms with van der Waals surface area (Å²) < 4.78 is 0. The minimum Gasteiger partial charge on any atom is -0.481 e. The molecule has 0 aromatic heterocycles. The van der Waals surface area contributed by atoms with E-state index in [9.17, 15) is 14.7 Å². The molecule has 1 aliphatic carbocycles. The highest BCUT2D eigenvalue weighted by Crippen LogP contribution is 2.36. The fourth-order valence-corrected chi connectivity index (χ4v) is 3.22. The lowest BCUT2D eigenvalue weighted by atomic mass is 9.95. The van der Waals surface area contributed by atoms with Crippen molar-refractivity contribution in [1.29, 1.82) is 0 Å². The Morgan fingerprint density at radius 1 is 1.33 bits per heavy atom. The Morgan fingerprint density at radius 3 is 2.71 bits per heavy atom. The number of carboxylic acid groups (broad SMARTS) is 1. The Morgan fingerprint density at radius 2 is 2.05 bits per heavy atom. The van der Waals surface area contributed by atoms with Gasteiger partial charge in [-0.25, -0.2) is 0 Å². The molecule has 3 atom stereocenters. The number of hydrogen-bond acceptors (Lipinski definition) is 2. The van der Waals surface area contributed by atoms with Crippen molar-refractivity contribution in [3.8, 4) is 0 Å². The third-order valence-corrected chi connectivity index (χ3v) is 4.29. The fraction of sp³-hybridized carbons (Fsp3) is 0.500. The molecule has 3 unspecified atom stereocenters. The number of benzene rings is 1. The van der Waals surface area contributed by atoms with Gasteiger partial charge in [0.05, 0.1) is 11.8 Å². The Labute approximate surface area is 129 Å². The minimum atomic E-state index is -0.866. The number of carboxylic acids is 1. The Balaban J connectivity index is 1.85. The standard InChI is InChI=1S/C16H20ClNO3/c1-10-7-13(14(8-10)16(20)21)15(19)18-6-5-11-3-2-4-12(17)9-11/h2-4,9-10,13-14H,5-8H2,1H3,(H,18,19)(H,20,21). The number of nitrogens with one attached hydrogen (secondary N) is 1. The summed E-state index contributed by atoms with van der Waals surface area (Å²) >= 11 is 5.91. The van der Waals surface area contributed by atoms with Gasteiger partial charge in [-0.15, -0.1) is 0 Å². The molecule has 0 radical (unpaired) electrons. The van der Waals surface area contributed by atoms with E-state index in [0.717, 1.165) is 5.56 Å². The number of aliphatic carboxylic acids is 1. The molecule has 114 valence electrons. The highest BCUT2D eigenvalue weighted by Gasteiger charge is 2.40. The molecule has 0 heterocycles. The maximum atomic E-state index is 12.2. The molecule has 0 bridgehead atoms. The third kappa shape index (κ3) is 4.21. The first-order valence-electron chi connectivity index (χ1n) is 7.22. The van der Waals surface area contributed by atoms with Gasteiger partial charge < -0.3 is 10.4 Å². The number of carbonyl (C=O) groups is 2. The van der Waals surface area contributed by atoms with Gasteiger partial charge in [-0.1, -0.05) is 30.7 Å². The predicted octanol–water partition coefficient (Wildman–Crippen LogP) is 2.75. The Hall–Kier alpha value is -1.55. The molecule has 2 N–H and O–H groups in total. The van der Waals surface area contributed by atoms with E-state index in [1.165, 1.54) is 0 Å². The van der Waals surface area contributed by atoms with E-state index >= 15 is 0 Å². The zero-order chi connectivity index (χ0) is 15.4. The fourth-order valence-electron chi connectivity index (χ4n) is 3.01. The summed E-state index contributed by atoms with van der Waals surface area (Å²) in [7, 11) is 0. The lowest BCUT2D eigenvalue weighted by Crippen LogP contribution is -2.36. The maximum absolute atomic E-state index is 12.2. The van der Waals surface area contributed by atoms with Gasteiger partial charge in [0.1, 0.15) is 0 Å². The van der Waals surface area contributed by atoms with Gasteiger partial charge in [0, 0.05) is 11.6 Å². The van der Waals surface area contributed by atoms with E-state index in [2.05, 4.69) is 5.32 Å². The van der Waals surface area contributed by atoms with Crippen LogP contribution in [0.3, 0.4) is 0 Å². The van der Waals surface area contributed by atoms with Crippen LogP contribution in [0.4, 0.5) is 0 Å². The number of carbonyl (C=O) groups excluding carboxylic acids is 1. The third-order valence-electron chi connectivity index (χ3n) is 4.05. The lowest BCUT2D eigenvalue weighted by molar-refractivity contribution is -0.146. The molecule has 21 heavy (non-hydrogen) atoms. The molecule has 0 saturated heterocycles. The van der Waals surface area contributed by atoms with Crippen molar-refractivity contribution < 1.29 is 14.7 Å². The van der Waals surface area contributed by atoms with E-state index < -0.39 is 17.8 Å². The minimum absolute atomic E-state index is 0.145. The van der Waals surface area contributed by atoms with E-state index in [4.69, 9.17) is 11.6 Å². The summed E-state index contributed by atoms with van der Waals surface area (Å²) in [6, 6.07) is 7.50. The van der Waals surface area contributed by atoms with Crippen LogP contribution < -0.4 is 5.32 Å². The van der Waals surface area contributed by atoms with Crippen LogP contribution in [0.25, 0.3) is 0 Å². The van der Waals surface area contributed by atoms with Gasteiger partial charge in [-0.2, -0.15) is 0 Å². The molecule has 1 aromatic carbocycles. The second kappa shape index (κ2) is 6.94. The van der Waals surface area contributed by atoms with E-state index in [1.807, 2.05) is 25.1 Å². The zero-order valence-electron chi connectivity index (χ0n) is 12.0. The van der Waals surface area contributed by atoms with Gasteiger partial charge in [0.2, 0.25) is 5.91 Å². The lowest BCUT2D eigenvalue weighted by Gasteiger charge is -2.15. The second-order valence-corrected chi connectivity index (χ2v) is 6.24. The summed E-state index contributed by atoms with van der Waals surface area (Å²) in [4.78, 5) is 23.4. The molecule has 0 spiro atoms. The van der Waals surface area contributed by atoms with Crippen molar-refractivity contribution in [2.45, 2.75) is 26.2 Å². The first-order chi connectivity index (χ1) is 9.97. The SMILES string of the molecule is CC1CC(C(=O)O)C(C(=O)NCCc2cccc(Cl)c2)C1. The second-order valence-electron chi connectivity index (χ2n) is 5.80. The number of hydrogen-bond donors (Lipinski definition) is 2. The first kappa shape index (κ1) is 15.8. The molecule has 4 nitrogen and oxygen atoms in total. The largest absolute Gasteiger partial charge is 0.481 e. The smallest absolute Gasteiger partial charge is 0.307 e. The molecular weight excluding hydrogens is 290 g/mol. The maximum Gasteiger partial charge on any atom is 0.307 e. The highest BCUT2D eigenvalue weighted by atomic mass is 35.5. The van der Waals surface area contributed by atoms with Crippen LogP contribution in [-0.4, -0.2) is 23.5 Å². The van der Waals surface area contributed by atoms with Crippen molar-refractivity contribution in [1.82, 2.24) is 5.32 Å². The quantitative estimate of drug-likeness (QED) is 0.879. The van der Waals surface area contributed by atoms with E-state index in [-0.39, 0.29) is 11.8 Å². The molecule has 1 aromatic rings. The number of halogens is 1.